The third-order valence-corrected chi connectivity index (χ3v) is 4.01. The Morgan fingerprint density at radius 2 is 1.88 bits per heavy atom. The lowest BCUT2D eigenvalue weighted by Crippen LogP contribution is -2.34. The van der Waals surface area contributed by atoms with Crippen LogP contribution < -0.4 is 5.73 Å². The third-order valence-electron chi connectivity index (χ3n) is 3.70. The van der Waals surface area contributed by atoms with Crippen LogP contribution in [0.1, 0.15) is 37.7 Å². The first kappa shape index (κ1) is 12.7. The van der Waals surface area contributed by atoms with E-state index in [1.165, 1.54) is 36.1 Å². The topological polar surface area (TPSA) is 26.0 Å². The van der Waals surface area contributed by atoms with Gasteiger partial charge in [-0.2, -0.15) is 0 Å². The van der Waals surface area contributed by atoms with Gasteiger partial charge in [-0.05, 0) is 35.6 Å². The number of hydrogen-bond donors (Lipinski definition) is 1. The zero-order chi connectivity index (χ0) is 12.1. The fourth-order valence-electron chi connectivity index (χ4n) is 2.68. The first-order valence-corrected chi connectivity index (χ1v) is 6.98. The van der Waals surface area contributed by atoms with Crippen LogP contribution in [0.4, 0.5) is 0 Å². The van der Waals surface area contributed by atoms with E-state index in [4.69, 9.17) is 18.0 Å². The third kappa shape index (κ3) is 3.90. The lowest BCUT2D eigenvalue weighted by molar-refractivity contribution is 0.316. The number of benzene rings is 1. The Hall–Kier alpha value is -0.730. The number of rotatable bonds is 4. The summed E-state index contributed by atoms with van der Waals surface area (Å²) in [5.74, 6) is 0.625. The molecule has 0 spiro atoms. The highest BCUT2D eigenvalue weighted by atomic mass is 32.1. The molecule has 1 aliphatic rings. The molecular formula is C15H21NS. The van der Waals surface area contributed by atoms with Crippen LogP contribution in [0.25, 0.3) is 0 Å². The van der Waals surface area contributed by atoms with Crippen LogP contribution in [-0.4, -0.2) is 10.9 Å². The molecule has 92 valence electrons. The molecule has 1 fully saturated rings. The minimum atomic E-state index is 0.373. The molecule has 2 N–H and O–H groups in total. The van der Waals surface area contributed by atoms with Gasteiger partial charge in [0, 0.05) is 12.5 Å². The first-order chi connectivity index (χ1) is 8.25. The maximum Gasteiger partial charge on any atom is 0.00705 e. The molecule has 1 aromatic carbocycles. The maximum absolute atomic E-state index is 6.16. The van der Waals surface area contributed by atoms with Gasteiger partial charge < -0.3 is 5.73 Å². The second kappa shape index (κ2) is 6.27. The van der Waals surface area contributed by atoms with E-state index in [0.29, 0.717) is 12.0 Å². The predicted octanol–water partition coefficient (Wildman–Crippen LogP) is 3.51. The lowest BCUT2D eigenvalue weighted by atomic mass is 9.81. The summed E-state index contributed by atoms with van der Waals surface area (Å²) < 4.78 is 0. The van der Waals surface area contributed by atoms with Gasteiger partial charge >= 0.3 is 0 Å². The van der Waals surface area contributed by atoms with Crippen molar-refractivity contribution in [2.75, 3.05) is 0 Å². The van der Waals surface area contributed by atoms with Crippen LogP contribution in [0.15, 0.2) is 30.3 Å². The molecule has 2 atom stereocenters. The summed E-state index contributed by atoms with van der Waals surface area (Å²) in [7, 11) is 0. The van der Waals surface area contributed by atoms with E-state index < -0.39 is 0 Å². The number of thiocarbonyl (C=S) groups is 1. The molecule has 1 aromatic rings. The molecule has 1 saturated carbocycles. The Balaban J connectivity index is 1.84. The SMILES string of the molecule is N[C@H]1CCCC[C@@H]1CC(=S)Cc1ccccc1. The van der Waals surface area contributed by atoms with Crippen LogP contribution in [0.5, 0.6) is 0 Å². The molecule has 1 aliphatic carbocycles. The van der Waals surface area contributed by atoms with E-state index in [2.05, 4.69) is 24.3 Å². The van der Waals surface area contributed by atoms with Gasteiger partial charge in [0.2, 0.25) is 0 Å². The smallest absolute Gasteiger partial charge is 0.00705 e. The largest absolute Gasteiger partial charge is 0.327 e. The Morgan fingerprint density at radius 1 is 1.18 bits per heavy atom. The van der Waals surface area contributed by atoms with E-state index in [0.717, 1.165) is 12.8 Å². The van der Waals surface area contributed by atoms with Gasteiger partial charge in [-0.1, -0.05) is 55.4 Å². The molecule has 2 heteroatoms. The van der Waals surface area contributed by atoms with Crippen molar-refractivity contribution in [3.8, 4) is 0 Å². The van der Waals surface area contributed by atoms with Crippen molar-refractivity contribution >= 4 is 17.1 Å². The molecule has 0 aliphatic heterocycles. The zero-order valence-corrected chi connectivity index (χ0v) is 11.1. The molecule has 0 bridgehead atoms. The molecule has 0 radical (unpaired) electrons. The highest BCUT2D eigenvalue weighted by Crippen LogP contribution is 2.26. The van der Waals surface area contributed by atoms with Crippen molar-refractivity contribution in [2.45, 2.75) is 44.6 Å². The van der Waals surface area contributed by atoms with Crippen molar-refractivity contribution in [1.29, 1.82) is 0 Å². The summed E-state index contributed by atoms with van der Waals surface area (Å²) in [4.78, 5) is 1.17. The average Bonchev–Trinajstić information content (AvgIpc) is 2.33. The quantitative estimate of drug-likeness (QED) is 0.824. The number of nitrogens with two attached hydrogens (primary N) is 1. The fourth-order valence-corrected chi connectivity index (χ4v) is 3.06. The van der Waals surface area contributed by atoms with Crippen LogP contribution in [0.2, 0.25) is 0 Å². The second-order valence-electron chi connectivity index (χ2n) is 5.11. The van der Waals surface area contributed by atoms with Gasteiger partial charge in [0.15, 0.2) is 0 Å². The molecule has 2 rings (SSSR count). The summed E-state index contributed by atoms with van der Waals surface area (Å²) in [6.07, 6.45) is 7.02. The van der Waals surface area contributed by atoms with Crippen molar-refractivity contribution in [1.82, 2.24) is 0 Å². The van der Waals surface area contributed by atoms with E-state index in [9.17, 15) is 0 Å². The van der Waals surface area contributed by atoms with Crippen molar-refractivity contribution in [3.05, 3.63) is 35.9 Å². The van der Waals surface area contributed by atoms with E-state index in [1.807, 2.05) is 6.07 Å². The van der Waals surface area contributed by atoms with E-state index in [-0.39, 0.29) is 0 Å². The van der Waals surface area contributed by atoms with Gasteiger partial charge in [-0.15, -0.1) is 0 Å². The van der Waals surface area contributed by atoms with Crippen molar-refractivity contribution in [3.63, 3.8) is 0 Å². The molecular weight excluding hydrogens is 226 g/mol. The molecule has 0 unspecified atom stereocenters. The summed E-state index contributed by atoms with van der Waals surface area (Å²) in [6, 6.07) is 10.9. The van der Waals surface area contributed by atoms with Gasteiger partial charge in [0.1, 0.15) is 0 Å². The molecule has 0 heterocycles. The highest BCUT2D eigenvalue weighted by molar-refractivity contribution is 7.80. The number of hydrogen-bond acceptors (Lipinski definition) is 2. The van der Waals surface area contributed by atoms with Crippen molar-refractivity contribution < 1.29 is 0 Å². The molecule has 0 saturated heterocycles. The van der Waals surface area contributed by atoms with Crippen LogP contribution in [-0.2, 0) is 6.42 Å². The summed E-state index contributed by atoms with van der Waals surface area (Å²) >= 11 is 5.51. The summed E-state index contributed by atoms with van der Waals surface area (Å²) in [6.45, 7) is 0. The molecule has 0 aromatic heterocycles. The minimum absolute atomic E-state index is 0.373. The van der Waals surface area contributed by atoms with Gasteiger partial charge in [0.25, 0.3) is 0 Å². The monoisotopic (exact) mass is 247 g/mol. The Kier molecular flexibility index (Phi) is 4.69. The Bertz CT molecular complexity index is 360. The predicted molar refractivity (Wildman–Crippen MR) is 77.3 cm³/mol. The molecule has 0 amide bonds. The maximum atomic E-state index is 6.16. The second-order valence-corrected chi connectivity index (χ2v) is 5.69. The standard InChI is InChI=1S/C15H21NS/c16-15-9-5-4-8-13(15)11-14(17)10-12-6-2-1-3-7-12/h1-3,6-7,13,15H,4-5,8-11,16H2/t13-,15+/m1/s1. The summed E-state index contributed by atoms with van der Waals surface area (Å²) in [5, 5.41) is 0. The van der Waals surface area contributed by atoms with E-state index in [1.54, 1.807) is 0 Å². The lowest BCUT2D eigenvalue weighted by Gasteiger charge is -2.28. The molecule has 1 nitrogen and oxygen atoms in total. The average molecular weight is 247 g/mol. The summed E-state index contributed by atoms with van der Waals surface area (Å²) in [5.41, 5.74) is 7.48. The molecule has 17 heavy (non-hydrogen) atoms. The Labute approximate surface area is 109 Å². The van der Waals surface area contributed by atoms with Crippen LogP contribution in [0.3, 0.4) is 0 Å². The van der Waals surface area contributed by atoms with Gasteiger partial charge in [-0.25, -0.2) is 0 Å². The fraction of sp³-hybridized carbons (Fsp3) is 0.533. The van der Waals surface area contributed by atoms with Gasteiger partial charge in [-0.3, -0.25) is 0 Å². The van der Waals surface area contributed by atoms with E-state index >= 15 is 0 Å². The minimum Gasteiger partial charge on any atom is -0.327 e. The Morgan fingerprint density at radius 3 is 2.59 bits per heavy atom. The van der Waals surface area contributed by atoms with Crippen LogP contribution in [0, 0.1) is 5.92 Å². The van der Waals surface area contributed by atoms with Crippen molar-refractivity contribution in [2.24, 2.45) is 11.7 Å². The highest BCUT2D eigenvalue weighted by Gasteiger charge is 2.22. The normalized spacial score (nSPS) is 24.5. The zero-order valence-electron chi connectivity index (χ0n) is 10.3. The van der Waals surface area contributed by atoms with Gasteiger partial charge in [0.05, 0.1) is 0 Å². The van der Waals surface area contributed by atoms with Crippen LogP contribution >= 0.6 is 12.2 Å². The first-order valence-electron chi connectivity index (χ1n) is 6.57.